The Balaban J connectivity index is 1.58. The third kappa shape index (κ3) is 5.82. The summed E-state index contributed by atoms with van der Waals surface area (Å²) < 4.78 is 5.71. The van der Waals surface area contributed by atoms with Gasteiger partial charge in [-0.25, -0.2) is 0 Å². The summed E-state index contributed by atoms with van der Waals surface area (Å²) in [6.45, 7) is 7.65. The molecule has 0 spiro atoms. The molecule has 2 aromatic rings. The van der Waals surface area contributed by atoms with Crippen LogP contribution >= 0.6 is 0 Å². The van der Waals surface area contributed by atoms with Crippen molar-refractivity contribution >= 4 is 5.91 Å². The molecule has 1 heterocycles. The standard InChI is InChI=1S/C24H29N3O2/c1-18-8-7-13-27(16-18)17-22-11-4-3-10-21(22)15-26-24(28)19(2)29-23-12-6-5-9-20(23)14-25/h3-6,9-12,18-19H,7-8,13,15-17H2,1-2H3,(H,26,28)/t18-,19+/m0/s1. The van der Waals surface area contributed by atoms with Gasteiger partial charge >= 0.3 is 0 Å². The van der Waals surface area contributed by atoms with Crippen LogP contribution in [0.25, 0.3) is 0 Å². The fourth-order valence-corrected chi connectivity index (χ4v) is 3.79. The molecule has 1 aliphatic rings. The number of amides is 1. The van der Waals surface area contributed by atoms with Crippen molar-refractivity contribution in [1.29, 1.82) is 5.26 Å². The van der Waals surface area contributed by atoms with Gasteiger partial charge in [0.05, 0.1) is 5.56 Å². The van der Waals surface area contributed by atoms with Crippen LogP contribution in [0.2, 0.25) is 0 Å². The van der Waals surface area contributed by atoms with E-state index < -0.39 is 6.10 Å². The molecule has 0 bridgehead atoms. The molecular formula is C24H29N3O2. The molecule has 1 saturated heterocycles. The average Bonchev–Trinajstić information content (AvgIpc) is 2.73. The van der Waals surface area contributed by atoms with Gasteiger partial charge < -0.3 is 10.1 Å². The van der Waals surface area contributed by atoms with Crippen molar-refractivity contribution in [2.75, 3.05) is 13.1 Å². The summed E-state index contributed by atoms with van der Waals surface area (Å²) >= 11 is 0. The number of para-hydroxylation sites is 1. The second-order valence-corrected chi connectivity index (χ2v) is 7.84. The number of carbonyl (C=O) groups is 1. The minimum atomic E-state index is -0.681. The van der Waals surface area contributed by atoms with E-state index in [1.54, 1.807) is 31.2 Å². The Kier molecular flexibility index (Phi) is 7.26. The number of nitrogens with zero attached hydrogens (tertiary/aromatic N) is 2. The SMILES string of the molecule is C[C@H]1CCCN(Cc2ccccc2CNC(=O)[C@@H](C)Oc2ccccc2C#N)C1. The number of nitrogens with one attached hydrogen (secondary N) is 1. The van der Waals surface area contributed by atoms with Crippen LogP contribution < -0.4 is 10.1 Å². The predicted molar refractivity (Wildman–Crippen MR) is 113 cm³/mol. The van der Waals surface area contributed by atoms with E-state index in [1.807, 2.05) is 6.07 Å². The van der Waals surface area contributed by atoms with Gasteiger partial charge in [0.25, 0.3) is 5.91 Å². The maximum Gasteiger partial charge on any atom is 0.261 e. The molecule has 0 saturated carbocycles. The van der Waals surface area contributed by atoms with Crippen LogP contribution in [-0.2, 0) is 17.9 Å². The normalized spacial score (nSPS) is 17.9. The zero-order valence-electron chi connectivity index (χ0n) is 17.2. The third-order valence-corrected chi connectivity index (χ3v) is 5.39. The predicted octanol–water partition coefficient (Wildman–Crippen LogP) is 3.87. The maximum atomic E-state index is 12.5. The Hall–Kier alpha value is -2.84. The molecule has 1 N–H and O–H groups in total. The van der Waals surface area contributed by atoms with Crippen LogP contribution in [0.3, 0.4) is 0 Å². The van der Waals surface area contributed by atoms with Gasteiger partial charge in [-0.3, -0.25) is 9.69 Å². The Labute approximate surface area is 173 Å². The number of likely N-dealkylation sites (tertiary alicyclic amines) is 1. The van der Waals surface area contributed by atoms with Crippen molar-refractivity contribution in [3.05, 3.63) is 65.2 Å². The first-order valence-corrected chi connectivity index (χ1v) is 10.3. The van der Waals surface area contributed by atoms with E-state index in [4.69, 9.17) is 10.00 Å². The molecule has 0 radical (unpaired) electrons. The molecule has 5 nitrogen and oxygen atoms in total. The highest BCUT2D eigenvalue weighted by atomic mass is 16.5. The maximum absolute atomic E-state index is 12.5. The zero-order chi connectivity index (χ0) is 20.6. The summed E-state index contributed by atoms with van der Waals surface area (Å²) in [5, 5.41) is 12.1. The van der Waals surface area contributed by atoms with Crippen molar-refractivity contribution in [2.45, 2.75) is 45.9 Å². The molecule has 1 aliphatic heterocycles. The molecule has 2 aromatic carbocycles. The summed E-state index contributed by atoms with van der Waals surface area (Å²) in [4.78, 5) is 15.0. The smallest absolute Gasteiger partial charge is 0.261 e. The molecule has 5 heteroatoms. The first-order chi connectivity index (χ1) is 14.1. The Morgan fingerprint density at radius 2 is 1.97 bits per heavy atom. The Morgan fingerprint density at radius 1 is 1.24 bits per heavy atom. The van der Waals surface area contributed by atoms with E-state index in [0.29, 0.717) is 17.9 Å². The van der Waals surface area contributed by atoms with Crippen molar-refractivity contribution in [3.63, 3.8) is 0 Å². The van der Waals surface area contributed by atoms with E-state index >= 15 is 0 Å². The summed E-state index contributed by atoms with van der Waals surface area (Å²) in [6, 6.07) is 17.3. The summed E-state index contributed by atoms with van der Waals surface area (Å²) in [7, 11) is 0. The Bertz CT molecular complexity index is 874. The first-order valence-electron chi connectivity index (χ1n) is 10.3. The number of benzene rings is 2. The summed E-state index contributed by atoms with van der Waals surface area (Å²) in [5.74, 6) is 0.973. The van der Waals surface area contributed by atoms with E-state index in [9.17, 15) is 4.79 Å². The lowest BCUT2D eigenvalue weighted by molar-refractivity contribution is -0.127. The molecule has 0 aromatic heterocycles. The zero-order valence-corrected chi connectivity index (χ0v) is 17.2. The fourth-order valence-electron chi connectivity index (χ4n) is 3.79. The number of hydrogen-bond donors (Lipinski definition) is 1. The van der Waals surface area contributed by atoms with E-state index in [1.165, 1.54) is 18.4 Å². The van der Waals surface area contributed by atoms with Gasteiger partial charge in [0.15, 0.2) is 6.10 Å². The van der Waals surface area contributed by atoms with E-state index in [0.717, 1.165) is 31.1 Å². The number of rotatable bonds is 7. The van der Waals surface area contributed by atoms with Gasteiger partial charge in [0.1, 0.15) is 11.8 Å². The number of nitriles is 1. The van der Waals surface area contributed by atoms with Gasteiger partial charge in [0.2, 0.25) is 0 Å². The van der Waals surface area contributed by atoms with Crippen LogP contribution in [-0.4, -0.2) is 30.0 Å². The lowest BCUT2D eigenvalue weighted by Gasteiger charge is -2.31. The molecule has 152 valence electrons. The second-order valence-electron chi connectivity index (χ2n) is 7.84. The third-order valence-electron chi connectivity index (χ3n) is 5.39. The highest BCUT2D eigenvalue weighted by Crippen LogP contribution is 2.20. The molecular weight excluding hydrogens is 362 g/mol. The van der Waals surface area contributed by atoms with Crippen molar-refractivity contribution in [2.24, 2.45) is 5.92 Å². The number of hydrogen-bond acceptors (Lipinski definition) is 4. The topological polar surface area (TPSA) is 65.4 Å². The summed E-state index contributed by atoms with van der Waals surface area (Å²) in [6.07, 6.45) is 1.87. The molecule has 2 atom stereocenters. The number of carbonyl (C=O) groups excluding carboxylic acids is 1. The van der Waals surface area contributed by atoms with Crippen LogP contribution in [0.1, 0.15) is 43.4 Å². The molecule has 0 unspecified atom stereocenters. The Morgan fingerprint density at radius 3 is 2.72 bits per heavy atom. The average molecular weight is 392 g/mol. The number of piperidine rings is 1. The minimum absolute atomic E-state index is 0.195. The molecule has 29 heavy (non-hydrogen) atoms. The van der Waals surface area contributed by atoms with Gasteiger partial charge in [-0.05, 0) is 55.5 Å². The monoisotopic (exact) mass is 391 g/mol. The van der Waals surface area contributed by atoms with Gasteiger partial charge in [-0.15, -0.1) is 0 Å². The quantitative estimate of drug-likeness (QED) is 0.778. The first kappa shape index (κ1) is 20.9. The van der Waals surface area contributed by atoms with Crippen LogP contribution in [0.4, 0.5) is 0 Å². The molecule has 1 amide bonds. The fraction of sp³-hybridized carbons (Fsp3) is 0.417. The summed E-state index contributed by atoms with van der Waals surface area (Å²) in [5.41, 5.74) is 2.81. The minimum Gasteiger partial charge on any atom is -0.480 e. The molecule has 3 rings (SSSR count). The van der Waals surface area contributed by atoms with Crippen molar-refractivity contribution in [3.8, 4) is 11.8 Å². The van der Waals surface area contributed by atoms with E-state index in [2.05, 4.69) is 41.4 Å². The van der Waals surface area contributed by atoms with Crippen LogP contribution in [0, 0.1) is 17.2 Å². The van der Waals surface area contributed by atoms with Crippen molar-refractivity contribution < 1.29 is 9.53 Å². The largest absolute Gasteiger partial charge is 0.480 e. The van der Waals surface area contributed by atoms with Crippen LogP contribution in [0.5, 0.6) is 5.75 Å². The van der Waals surface area contributed by atoms with Crippen LogP contribution in [0.15, 0.2) is 48.5 Å². The highest BCUT2D eigenvalue weighted by molar-refractivity contribution is 5.80. The van der Waals surface area contributed by atoms with Gasteiger partial charge in [0, 0.05) is 19.6 Å². The van der Waals surface area contributed by atoms with E-state index in [-0.39, 0.29) is 5.91 Å². The van der Waals surface area contributed by atoms with Gasteiger partial charge in [-0.1, -0.05) is 43.3 Å². The second kappa shape index (κ2) is 10.1. The lowest BCUT2D eigenvalue weighted by atomic mass is 9.99. The molecule has 0 aliphatic carbocycles. The molecule has 1 fully saturated rings. The highest BCUT2D eigenvalue weighted by Gasteiger charge is 2.19. The van der Waals surface area contributed by atoms with Crippen molar-refractivity contribution in [1.82, 2.24) is 10.2 Å². The number of ether oxygens (including phenoxy) is 1. The lowest BCUT2D eigenvalue weighted by Crippen LogP contribution is -2.37. The van der Waals surface area contributed by atoms with Gasteiger partial charge in [-0.2, -0.15) is 5.26 Å².